The molecular weight excluding hydrogens is 246 g/mol. The Hall–Kier alpha value is -0.740. The van der Waals surface area contributed by atoms with Crippen molar-refractivity contribution in [1.29, 1.82) is 0 Å². The Morgan fingerprint density at radius 2 is 1.93 bits per heavy atom. The number of nitrogens with one attached hydrogen (secondary N) is 1. The van der Waals surface area contributed by atoms with E-state index < -0.39 is 0 Å². The fourth-order valence-electron chi connectivity index (χ4n) is 1.36. The fourth-order valence-corrected chi connectivity index (χ4v) is 2.08. The average molecular weight is 260 g/mol. The maximum Gasteiger partial charge on any atom is 0.158 e. The zero-order valence-electron chi connectivity index (χ0n) is 8.21. The Kier molecular flexibility index (Phi) is 3.77. The number of hydrogen-bond donors (Lipinski definition) is 3. The van der Waals surface area contributed by atoms with E-state index in [4.69, 9.17) is 0 Å². The molecule has 14 heavy (non-hydrogen) atoms. The average Bonchev–Trinajstić information content (AvgIpc) is 2.11. The van der Waals surface area contributed by atoms with Crippen LogP contribution >= 0.6 is 15.9 Å². The van der Waals surface area contributed by atoms with Gasteiger partial charge in [-0.1, -0.05) is 22.9 Å². The van der Waals surface area contributed by atoms with Gasteiger partial charge in [-0.15, -0.1) is 0 Å². The molecule has 1 atom stereocenters. The van der Waals surface area contributed by atoms with Crippen LogP contribution in [0, 0.1) is 0 Å². The van der Waals surface area contributed by atoms with E-state index >= 15 is 0 Å². The SMILES string of the molecule is CNCC(C)c1cc(O)c(O)cc1Br. The van der Waals surface area contributed by atoms with Crippen LogP contribution in [0.1, 0.15) is 18.4 Å². The summed E-state index contributed by atoms with van der Waals surface area (Å²) in [6.07, 6.45) is 0. The number of likely N-dealkylation sites (N-methyl/N-ethyl adjacent to an activating group) is 1. The van der Waals surface area contributed by atoms with Crippen LogP contribution in [0.4, 0.5) is 0 Å². The highest BCUT2D eigenvalue weighted by Gasteiger charge is 2.12. The smallest absolute Gasteiger partial charge is 0.158 e. The third kappa shape index (κ3) is 2.39. The highest BCUT2D eigenvalue weighted by Crippen LogP contribution is 2.34. The molecule has 1 aromatic carbocycles. The normalized spacial score (nSPS) is 12.8. The summed E-state index contributed by atoms with van der Waals surface area (Å²) < 4.78 is 0.815. The lowest BCUT2D eigenvalue weighted by molar-refractivity contribution is 0.402. The van der Waals surface area contributed by atoms with E-state index in [0.29, 0.717) is 0 Å². The topological polar surface area (TPSA) is 52.5 Å². The lowest BCUT2D eigenvalue weighted by atomic mass is 10.0. The predicted molar refractivity (Wildman–Crippen MR) is 59.8 cm³/mol. The molecule has 0 saturated carbocycles. The Labute approximate surface area is 91.9 Å². The molecular formula is C10H14BrNO2. The molecule has 0 aliphatic rings. The van der Waals surface area contributed by atoms with E-state index in [2.05, 4.69) is 21.2 Å². The van der Waals surface area contributed by atoms with E-state index in [1.807, 2.05) is 14.0 Å². The van der Waals surface area contributed by atoms with Crippen LogP contribution in [0.3, 0.4) is 0 Å². The first-order chi connectivity index (χ1) is 6.56. The van der Waals surface area contributed by atoms with Gasteiger partial charge < -0.3 is 15.5 Å². The summed E-state index contributed by atoms with van der Waals surface area (Å²) in [7, 11) is 1.88. The van der Waals surface area contributed by atoms with Crippen molar-refractivity contribution in [1.82, 2.24) is 5.32 Å². The summed E-state index contributed by atoms with van der Waals surface area (Å²) in [5, 5.41) is 21.7. The van der Waals surface area contributed by atoms with Gasteiger partial charge >= 0.3 is 0 Å². The fraction of sp³-hybridized carbons (Fsp3) is 0.400. The van der Waals surface area contributed by atoms with Crippen LogP contribution in [-0.4, -0.2) is 23.8 Å². The summed E-state index contributed by atoms with van der Waals surface area (Å²) in [6.45, 7) is 2.87. The molecule has 3 N–H and O–H groups in total. The summed E-state index contributed by atoms with van der Waals surface area (Å²) in [5.41, 5.74) is 0.981. The van der Waals surface area contributed by atoms with Crippen molar-refractivity contribution in [2.75, 3.05) is 13.6 Å². The molecule has 0 heterocycles. The van der Waals surface area contributed by atoms with Crippen molar-refractivity contribution in [2.24, 2.45) is 0 Å². The number of phenolic OH excluding ortho intramolecular Hbond substituents is 2. The second kappa shape index (κ2) is 4.66. The first kappa shape index (κ1) is 11.3. The first-order valence-corrected chi connectivity index (χ1v) is 5.21. The van der Waals surface area contributed by atoms with Crippen molar-refractivity contribution in [3.05, 3.63) is 22.2 Å². The molecule has 0 radical (unpaired) electrons. The maximum atomic E-state index is 9.35. The molecule has 0 aliphatic carbocycles. The molecule has 1 rings (SSSR count). The number of rotatable bonds is 3. The molecule has 3 nitrogen and oxygen atoms in total. The molecule has 4 heteroatoms. The Bertz CT molecular complexity index is 328. The third-order valence-electron chi connectivity index (χ3n) is 2.14. The summed E-state index contributed by atoms with van der Waals surface area (Å²) in [5.74, 6) is 0.101. The lowest BCUT2D eigenvalue weighted by Gasteiger charge is -2.14. The quantitative estimate of drug-likeness (QED) is 0.730. The third-order valence-corrected chi connectivity index (χ3v) is 2.82. The summed E-state index contributed by atoms with van der Waals surface area (Å²) >= 11 is 3.35. The van der Waals surface area contributed by atoms with Crippen molar-refractivity contribution < 1.29 is 10.2 Å². The molecule has 0 saturated heterocycles. The monoisotopic (exact) mass is 259 g/mol. The van der Waals surface area contributed by atoms with Gasteiger partial charge in [0.1, 0.15) is 0 Å². The highest BCUT2D eigenvalue weighted by molar-refractivity contribution is 9.10. The number of benzene rings is 1. The number of halogens is 1. The van der Waals surface area contributed by atoms with Crippen molar-refractivity contribution >= 4 is 15.9 Å². The van der Waals surface area contributed by atoms with Gasteiger partial charge in [-0.25, -0.2) is 0 Å². The molecule has 1 aromatic rings. The highest BCUT2D eigenvalue weighted by atomic mass is 79.9. The van der Waals surface area contributed by atoms with Crippen molar-refractivity contribution in [3.63, 3.8) is 0 Å². The second-order valence-corrected chi connectivity index (χ2v) is 4.18. The second-order valence-electron chi connectivity index (χ2n) is 3.32. The zero-order chi connectivity index (χ0) is 10.7. The van der Waals surface area contributed by atoms with Gasteiger partial charge in [0, 0.05) is 11.0 Å². The van der Waals surface area contributed by atoms with Crippen LogP contribution in [0.2, 0.25) is 0 Å². The van der Waals surface area contributed by atoms with E-state index in [1.54, 1.807) is 6.07 Å². The van der Waals surface area contributed by atoms with Gasteiger partial charge in [0.15, 0.2) is 11.5 Å². The summed E-state index contributed by atoms with van der Waals surface area (Å²) in [6, 6.07) is 3.10. The number of hydrogen-bond acceptors (Lipinski definition) is 3. The zero-order valence-corrected chi connectivity index (χ0v) is 9.80. The van der Waals surface area contributed by atoms with E-state index in [9.17, 15) is 10.2 Å². The standard InChI is InChI=1S/C10H14BrNO2/c1-6(5-12-2)7-3-9(13)10(14)4-8(7)11/h3-4,6,12-14H,5H2,1-2H3. The van der Waals surface area contributed by atoms with Gasteiger partial charge in [0.25, 0.3) is 0 Å². The molecule has 0 spiro atoms. The Morgan fingerprint density at radius 1 is 1.36 bits per heavy atom. The van der Waals surface area contributed by atoms with Crippen LogP contribution in [0.15, 0.2) is 16.6 Å². The molecule has 1 unspecified atom stereocenters. The van der Waals surface area contributed by atoms with E-state index in [0.717, 1.165) is 16.6 Å². The van der Waals surface area contributed by atoms with E-state index in [1.165, 1.54) is 6.07 Å². The molecule has 0 bridgehead atoms. The van der Waals surface area contributed by atoms with Gasteiger partial charge in [-0.2, -0.15) is 0 Å². The van der Waals surface area contributed by atoms with Crippen LogP contribution < -0.4 is 5.32 Å². The van der Waals surface area contributed by atoms with Gasteiger partial charge in [-0.05, 0) is 30.7 Å². The number of phenols is 2. The minimum absolute atomic E-state index is 0.0776. The molecule has 0 aromatic heterocycles. The van der Waals surface area contributed by atoms with Crippen LogP contribution in [0.5, 0.6) is 11.5 Å². The lowest BCUT2D eigenvalue weighted by Crippen LogP contribution is -2.14. The van der Waals surface area contributed by atoms with Gasteiger partial charge in [-0.3, -0.25) is 0 Å². The molecule has 0 amide bonds. The Balaban J connectivity index is 3.02. The Morgan fingerprint density at radius 3 is 2.50 bits per heavy atom. The predicted octanol–water partition coefficient (Wildman–Crippen LogP) is 2.18. The largest absolute Gasteiger partial charge is 0.504 e. The van der Waals surface area contributed by atoms with Gasteiger partial charge in [0.2, 0.25) is 0 Å². The maximum absolute atomic E-state index is 9.35. The molecule has 78 valence electrons. The summed E-state index contributed by atoms with van der Waals surface area (Å²) in [4.78, 5) is 0. The minimum atomic E-state index is -0.0997. The van der Waals surface area contributed by atoms with Gasteiger partial charge in [0.05, 0.1) is 0 Å². The van der Waals surface area contributed by atoms with Crippen LogP contribution in [0.25, 0.3) is 0 Å². The van der Waals surface area contributed by atoms with E-state index in [-0.39, 0.29) is 17.4 Å². The molecule has 0 fully saturated rings. The van der Waals surface area contributed by atoms with Crippen molar-refractivity contribution in [3.8, 4) is 11.5 Å². The molecule has 0 aliphatic heterocycles. The van der Waals surface area contributed by atoms with Crippen molar-refractivity contribution in [2.45, 2.75) is 12.8 Å². The van der Waals surface area contributed by atoms with Crippen LogP contribution in [-0.2, 0) is 0 Å². The number of aromatic hydroxyl groups is 2. The minimum Gasteiger partial charge on any atom is -0.504 e. The first-order valence-electron chi connectivity index (χ1n) is 4.42.